The van der Waals surface area contributed by atoms with Gasteiger partial charge in [0.2, 0.25) is 0 Å². The van der Waals surface area contributed by atoms with Crippen LogP contribution >= 0.6 is 24.8 Å². The Labute approximate surface area is 179 Å². The van der Waals surface area contributed by atoms with Gasteiger partial charge in [0.25, 0.3) is 5.69 Å². The molecule has 1 saturated carbocycles. The number of methoxy groups -OCH3 is 2. The molecule has 1 aliphatic carbocycles. The molecule has 0 radical (unpaired) electrons. The summed E-state index contributed by atoms with van der Waals surface area (Å²) in [4.78, 5) is 14.0. The topological polar surface area (TPSA) is 76.9 Å². The number of rotatable bonds is 6. The maximum atomic E-state index is 11.8. The average Bonchev–Trinajstić information content (AvgIpc) is 2.69. The van der Waals surface area contributed by atoms with Gasteiger partial charge >= 0.3 is 0 Å². The quantitative estimate of drug-likeness (QED) is 0.537. The third-order valence-corrected chi connectivity index (χ3v) is 5.69. The number of hydrogen-bond acceptors (Lipinski definition) is 6. The molecule has 1 heterocycles. The molecule has 1 N–H and O–H groups in total. The van der Waals surface area contributed by atoms with Gasteiger partial charge in [-0.25, -0.2) is 0 Å². The van der Waals surface area contributed by atoms with Gasteiger partial charge < -0.3 is 14.8 Å². The van der Waals surface area contributed by atoms with E-state index in [1.807, 2.05) is 6.07 Å². The lowest BCUT2D eigenvalue weighted by atomic mass is 9.79. The zero-order chi connectivity index (χ0) is 18.5. The van der Waals surface area contributed by atoms with E-state index in [2.05, 4.69) is 10.2 Å². The number of piperazine rings is 1. The number of nitrogens with one attached hydrogen (secondary N) is 1. The van der Waals surface area contributed by atoms with E-state index in [1.54, 1.807) is 7.11 Å². The molecule has 0 spiro atoms. The van der Waals surface area contributed by atoms with Crippen molar-refractivity contribution in [2.75, 3.05) is 40.4 Å². The Morgan fingerprint density at radius 2 is 1.64 bits per heavy atom. The second kappa shape index (κ2) is 11.7. The smallest absolute Gasteiger partial charge is 0.278 e. The fourth-order valence-corrected chi connectivity index (χ4v) is 4.44. The molecule has 0 amide bonds. The summed E-state index contributed by atoms with van der Waals surface area (Å²) in [6.07, 6.45) is 5.92. The molecule has 0 unspecified atom stereocenters. The largest absolute Gasteiger partial charge is 0.493 e. The van der Waals surface area contributed by atoms with Gasteiger partial charge in [-0.15, -0.1) is 24.8 Å². The molecule has 7 nitrogen and oxygen atoms in total. The number of nitro groups is 1. The summed E-state index contributed by atoms with van der Waals surface area (Å²) >= 11 is 0. The van der Waals surface area contributed by atoms with E-state index in [-0.39, 0.29) is 41.5 Å². The summed E-state index contributed by atoms with van der Waals surface area (Å²) in [5.41, 5.74) is 0.901. The minimum Gasteiger partial charge on any atom is -0.493 e. The van der Waals surface area contributed by atoms with Crippen LogP contribution in [0, 0.1) is 16.0 Å². The molecule has 2 fully saturated rings. The third-order valence-electron chi connectivity index (χ3n) is 5.69. The van der Waals surface area contributed by atoms with Crippen LogP contribution in [0.2, 0.25) is 0 Å². The molecule has 2 aliphatic rings. The highest BCUT2D eigenvalue weighted by Gasteiger charge is 2.36. The summed E-state index contributed by atoms with van der Waals surface area (Å²) in [5, 5.41) is 15.2. The van der Waals surface area contributed by atoms with Crippen LogP contribution in [0.3, 0.4) is 0 Å². The van der Waals surface area contributed by atoms with Gasteiger partial charge in [-0.3, -0.25) is 15.0 Å². The van der Waals surface area contributed by atoms with Gasteiger partial charge in [-0.1, -0.05) is 19.3 Å². The van der Waals surface area contributed by atoms with Crippen LogP contribution in [0.25, 0.3) is 0 Å². The maximum absolute atomic E-state index is 11.8. The lowest BCUT2D eigenvalue weighted by molar-refractivity contribution is -0.386. The zero-order valence-electron chi connectivity index (χ0n) is 16.5. The molecule has 1 atom stereocenters. The highest BCUT2D eigenvalue weighted by molar-refractivity contribution is 5.85. The molecule has 3 rings (SSSR count). The molecule has 1 saturated heterocycles. The number of nitrogens with zero attached hydrogens (tertiary/aromatic N) is 2. The second-order valence-corrected chi connectivity index (χ2v) is 7.15. The Balaban J connectivity index is 0.00000196. The first-order valence-corrected chi connectivity index (χ1v) is 9.50. The predicted octanol–water partition coefficient (Wildman–Crippen LogP) is 3.98. The SMILES string of the molecule is COc1cc([C@@H](C2CCCCC2)N2CCNCC2)c([N+](=O)[O-])cc1OC.Cl.Cl. The van der Waals surface area contributed by atoms with Crippen molar-refractivity contribution in [3.63, 3.8) is 0 Å². The fourth-order valence-electron chi connectivity index (χ4n) is 4.44. The van der Waals surface area contributed by atoms with Crippen LogP contribution in [0.15, 0.2) is 12.1 Å². The summed E-state index contributed by atoms with van der Waals surface area (Å²) in [6.45, 7) is 3.66. The van der Waals surface area contributed by atoms with Gasteiger partial charge in [-0.05, 0) is 24.8 Å². The Hall–Kier alpha value is -1.28. The molecule has 1 aromatic carbocycles. The van der Waals surface area contributed by atoms with Crippen LogP contribution in [0.4, 0.5) is 5.69 Å². The highest BCUT2D eigenvalue weighted by Crippen LogP contribution is 2.45. The van der Waals surface area contributed by atoms with Crippen molar-refractivity contribution in [1.29, 1.82) is 0 Å². The number of nitro benzene ring substituents is 1. The van der Waals surface area contributed by atoms with E-state index in [1.165, 1.54) is 32.4 Å². The number of hydrogen-bond donors (Lipinski definition) is 1. The molecular weight excluding hydrogens is 405 g/mol. The van der Waals surface area contributed by atoms with Crippen LogP contribution in [-0.2, 0) is 0 Å². The average molecular weight is 436 g/mol. The van der Waals surface area contributed by atoms with Gasteiger partial charge in [0.15, 0.2) is 11.5 Å². The Kier molecular flexibility index (Phi) is 10.3. The Morgan fingerprint density at radius 3 is 2.18 bits per heavy atom. The lowest BCUT2D eigenvalue weighted by Crippen LogP contribution is -2.47. The number of halogens is 2. The minimum atomic E-state index is -0.282. The monoisotopic (exact) mass is 435 g/mol. The van der Waals surface area contributed by atoms with Crippen molar-refractivity contribution in [1.82, 2.24) is 10.2 Å². The van der Waals surface area contributed by atoms with E-state index in [9.17, 15) is 10.1 Å². The summed E-state index contributed by atoms with van der Waals surface area (Å²) < 4.78 is 10.8. The van der Waals surface area contributed by atoms with Crippen molar-refractivity contribution in [2.45, 2.75) is 38.1 Å². The summed E-state index contributed by atoms with van der Waals surface area (Å²) in [5.74, 6) is 1.41. The van der Waals surface area contributed by atoms with Crippen LogP contribution in [-0.4, -0.2) is 50.2 Å². The van der Waals surface area contributed by atoms with E-state index < -0.39 is 0 Å². The van der Waals surface area contributed by atoms with E-state index in [0.29, 0.717) is 17.4 Å². The Morgan fingerprint density at radius 1 is 1.07 bits per heavy atom. The maximum Gasteiger partial charge on any atom is 0.278 e. The fraction of sp³-hybridized carbons (Fsp3) is 0.684. The first kappa shape index (κ1) is 24.8. The summed E-state index contributed by atoms with van der Waals surface area (Å²) in [6, 6.07) is 3.40. The molecule has 1 aliphatic heterocycles. The molecule has 160 valence electrons. The van der Waals surface area contributed by atoms with Crippen LogP contribution in [0.5, 0.6) is 11.5 Å². The normalized spacial score (nSPS) is 19.1. The van der Waals surface area contributed by atoms with Crippen LogP contribution < -0.4 is 14.8 Å². The van der Waals surface area contributed by atoms with Crippen molar-refractivity contribution < 1.29 is 14.4 Å². The standard InChI is InChI=1S/C19H29N3O4.2ClH/c1-25-17-12-15(16(22(23)24)13-18(17)26-2)19(14-6-4-3-5-7-14)21-10-8-20-9-11-21;;/h12-14,19-20H,3-11H2,1-2H3;2*1H/t19-;;/m1../s1. The van der Waals surface area contributed by atoms with Crippen LogP contribution in [0.1, 0.15) is 43.7 Å². The molecular formula is C19H31Cl2N3O4. The van der Waals surface area contributed by atoms with Crippen molar-refractivity contribution in [3.8, 4) is 11.5 Å². The van der Waals surface area contributed by atoms with Gasteiger partial charge in [0.1, 0.15) is 0 Å². The second-order valence-electron chi connectivity index (χ2n) is 7.15. The van der Waals surface area contributed by atoms with Gasteiger partial charge in [0.05, 0.1) is 30.8 Å². The number of ether oxygens (including phenoxy) is 2. The molecule has 28 heavy (non-hydrogen) atoms. The van der Waals surface area contributed by atoms with E-state index >= 15 is 0 Å². The molecule has 0 bridgehead atoms. The summed E-state index contributed by atoms with van der Waals surface area (Å²) in [7, 11) is 3.09. The van der Waals surface area contributed by atoms with Crippen molar-refractivity contribution in [2.24, 2.45) is 5.92 Å². The lowest BCUT2D eigenvalue weighted by Gasteiger charge is -2.41. The molecule has 9 heteroatoms. The number of benzene rings is 1. The third kappa shape index (κ3) is 5.41. The zero-order valence-corrected chi connectivity index (χ0v) is 18.2. The van der Waals surface area contributed by atoms with E-state index in [4.69, 9.17) is 9.47 Å². The molecule has 0 aromatic heterocycles. The van der Waals surface area contributed by atoms with Gasteiger partial charge in [-0.2, -0.15) is 0 Å². The molecule has 1 aromatic rings. The minimum absolute atomic E-state index is 0. The first-order chi connectivity index (χ1) is 12.7. The van der Waals surface area contributed by atoms with Gasteiger partial charge in [0, 0.05) is 32.2 Å². The first-order valence-electron chi connectivity index (χ1n) is 9.50. The Bertz CT molecular complexity index is 618. The highest BCUT2D eigenvalue weighted by atomic mass is 35.5. The van der Waals surface area contributed by atoms with Crippen molar-refractivity contribution in [3.05, 3.63) is 27.8 Å². The van der Waals surface area contributed by atoms with E-state index in [0.717, 1.165) is 44.6 Å². The predicted molar refractivity (Wildman–Crippen MR) is 114 cm³/mol. The van der Waals surface area contributed by atoms with Crippen molar-refractivity contribution >= 4 is 30.5 Å².